The van der Waals surface area contributed by atoms with E-state index < -0.39 is 0 Å². The number of aromatic nitrogens is 2. The first-order valence-corrected chi connectivity index (χ1v) is 8.24. The number of rotatable bonds is 7. The molecule has 2 aromatic rings. The number of methoxy groups -OCH3 is 1. The van der Waals surface area contributed by atoms with Gasteiger partial charge in [0.05, 0.1) is 28.7 Å². The van der Waals surface area contributed by atoms with Gasteiger partial charge in [-0.25, -0.2) is 0 Å². The fourth-order valence-corrected chi connectivity index (χ4v) is 3.22. The topological polar surface area (TPSA) is 47.0 Å². The van der Waals surface area contributed by atoms with Gasteiger partial charge in [0.2, 0.25) is 0 Å². The number of nitrogens with one attached hydrogen (secondary N) is 1. The summed E-state index contributed by atoms with van der Waals surface area (Å²) in [5.74, 6) is 0.688. The third-order valence-electron chi connectivity index (χ3n) is 3.29. The molecule has 0 aliphatic rings. The van der Waals surface area contributed by atoms with Crippen molar-refractivity contribution in [2.45, 2.75) is 32.7 Å². The molecule has 0 aliphatic heterocycles. The Kier molecular flexibility index (Phi) is 5.96. The van der Waals surface area contributed by atoms with Gasteiger partial charge < -0.3 is 10.1 Å². The maximum Gasteiger partial charge on any atom is 0.137 e. The summed E-state index contributed by atoms with van der Waals surface area (Å²) in [6.45, 7) is 5.17. The summed E-state index contributed by atoms with van der Waals surface area (Å²) >= 11 is 7.57. The second-order valence-corrected chi connectivity index (χ2v) is 5.91. The Labute approximate surface area is 134 Å². The number of halogens is 1. The third kappa shape index (κ3) is 3.73. The van der Waals surface area contributed by atoms with Gasteiger partial charge in [0.15, 0.2) is 0 Å². The van der Waals surface area contributed by atoms with Crippen molar-refractivity contribution in [2.75, 3.05) is 13.7 Å². The quantitative estimate of drug-likeness (QED) is 0.840. The van der Waals surface area contributed by atoms with Crippen LogP contribution in [-0.2, 0) is 6.42 Å². The van der Waals surface area contributed by atoms with Gasteiger partial charge in [0.1, 0.15) is 5.75 Å². The highest BCUT2D eigenvalue weighted by molar-refractivity contribution is 7.05. The van der Waals surface area contributed by atoms with E-state index in [0.717, 1.165) is 35.5 Å². The van der Waals surface area contributed by atoms with Crippen molar-refractivity contribution in [3.8, 4) is 5.75 Å². The average molecular weight is 326 g/mol. The lowest BCUT2D eigenvalue weighted by Crippen LogP contribution is -2.23. The zero-order valence-electron chi connectivity index (χ0n) is 12.5. The van der Waals surface area contributed by atoms with Gasteiger partial charge >= 0.3 is 0 Å². The summed E-state index contributed by atoms with van der Waals surface area (Å²) in [4.78, 5) is 1.16. The Morgan fingerprint density at radius 2 is 2.19 bits per heavy atom. The third-order valence-corrected chi connectivity index (χ3v) is 4.43. The second kappa shape index (κ2) is 7.73. The molecule has 1 N–H and O–H groups in total. The Morgan fingerprint density at radius 1 is 1.38 bits per heavy atom. The van der Waals surface area contributed by atoms with Crippen LogP contribution in [0.2, 0.25) is 5.02 Å². The molecule has 1 unspecified atom stereocenters. The Morgan fingerprint density at radius 3 is 2.86 bits per heavy atom. The summed E-state index contributed by atoms with van der Waals surface area (Å²) in [7, 11) is 1.63. The predicted molar refractivity (Wildman–Crippen MR) is 87.4 cm³/mol. The van der Waals surface area contributed by atoms with Crippen molar-refractivity contribution < 1.29 is 4.74 Å². The highest BCUT2D eigenvalue weighted by atomic mass is 35.5. The molecular weight excluding hydrogens is 306 g/mol. The van der Waals surface area contributed by atoms with Crippen LogP contribution in [0.4, 0.5) is 0 Å². The Bertz CT molecular complexity index is 588. The lowest BCUT2D eigenvalue weighted by molar-refractivity contribution is 0.414. The SMILES string of the molecule is CCCNC(c1ccc(Cl)c(OC)c1)c1snnc1CC. The van der Waals surface area contributed by atoms with Gasteiger partial charge in [-0.2, -0.15) is 0 Å². The largest absolute Gasteiger partial charge is 0.495 e. The van der Waals surface area contributed by atoms with Crippen LogP contribution in [0.5, 0.6) is 5.75 Å². The summed E-state index contributed by atoms with van der Waals surface area (Å²) in [5.41, 5.74) is 2.16. The Hall–Kier alpha value is -1.17. The summed E-state index contributed by atoms with van der Waals surface area (Å²) in [6.07, 6.45) is 1.94. The molecule has 0 radical (unpaired) electrons. The van der Waals surface area contributed by atoms with Crippen LogP contribution in [0.1, 0.15) is 42.4 Å². The van der Waals surface area contributed by atoms with Crippen molar-refractivity contribution in [3.63, 3.8) is 0 Å². The van der Waals surface area contributed by atoms with E-state index in [1.54, 1.807) is 7.11 Å². The minimum absolute atomic E-state index is 0.0751. The lowest BCUT2D eigenvalue weighted by atomic mass is 10.0. The van der Waals surface area contributed by atoms with Crippen LogP contribution in [0.25, 0.3) is 0 Å². The van der Waals surface area contributed by atoms with Gasteiger partial charge in [-0.3, -0.25) is 0 Å². The highest BCUT2D eigenvalue weighted by Gasteiger charge is 2.21. The van der Waals surface area contributed by atoms with E-state index in [4.69, 9.17) is 16.3 Å². The van der Waals surface area contributed by atoms with E-state index in [1.165, 1.54) is 11.5 Å². The molecule has 21 heavy (non-hydrogen) atoms. The number of nitrogens with zero attached hydrogens (tertiary/aromatic N) is 2. The van der Waals surface area contributed by atoms with Crippen molar-refractivity contribution in [1.29, 1.82) is 0 Å². The molecule has 0 saturated heterocycles. The molecule has 2 rings (SSSR count). The molecule has 1 aromatic carbocycles. The molecule has 0 bridgehead atoms. The van der Waals surface area contributed by atoms with Crippen LogP contribution in [-0.4, -0.2) is 23.2 Å². The van der Waals surface area contributed by atoms with Crippen LogP contribution in [0.15, 0.2) is 18.2 Å². The fraction of sp³-hybridized carbons (Fsp3) is 0.467. The van der Waals surface area contributed by atoms with E-state index in [2.05, 4.69) is 28.8 Å². The first kappa shape index (κ1) is 16.2. The van der Waals surface area contributed by atoms with Crippen LogP contribution in [0.3, 0.4) is 0 Å². The van der Waals surface area contributed by atoms with Gasteiger partial charge in [-0.15, -0.1) is 5.10 Å². The monoisotopic (exact) mass is 325 g/mol. The first-order chi connectivity index (χ1) is 10.2. The molecule has 1 atom stereocenters. The summed E-state index contributed by atoms with van der Waals surface area (Å²) < 4.78 is 9.43. The number of benzene rings is 1. The molecule has 0 fully saturated rings. The van der Waals surface area contributed by atoms with E-state index in [1.807, 2.05) is 18.2 Å². The molecule has 1 aromatic heterocycles. The van der Waals surface area contributed by atoms with Crippen molar-refractivity contribution in [3.05, 3.63) is 39.4 Å². The van der Waals surface area contributed by atoms with Crippen LogP contribution < -0.4 is 10.1 Å². The molecule has 0 amide bonds. The van der Waals surface area contributed by atoms with Crippen LogP contribution >= 0.6 is 23.1 Å². The number of hydrogen-bond acceptors (Lipinski definition) is 5. The van der Waals surface area contributed by atoms with Gasteiger partial charge in [-0.05, 0) is 48.6 Å². The minimum Gasteiger partial charge on any atom is -0.495 e. The first-order valence-electron chi connectivity index (χ1n) is 7.09. The maximum atomic E-state index is 6.12. The number of ether oxygens (including phenoxy) is 1. The number of aryl methyl sites for hydroxylation is 1. The maximum absolute atomic E-state index is 6.12. The lowest BCUT2D eigenvalue weighted by Gasteiger charge is -2.19. The summed E-state index contributed by atoms with van der Waals surface area (Å²) in [5, 5.41) is 8.40. The molecule has 114 valence electrons. The van der Waals surface area contributed by atoms with Crippen molar-refractivity contribution in [1.82, 2.24) is 14.9 Å². The normalized spacial score (nSPS) is 12.4. The van der Waals surface area contributed by atoms with E-state index in [-0.39, 0.29) is 6.04 Å². The zero-order chi connectivity index (χ0) is 15.2. The van der Waals surface area contributed by atoms with Gasteiger partial charge in [0, 0.05) is 0 Å². The average Bonchev–Trinajstić information content (AvgIpc) is 2.97. The van der Waals surface area contributed by atoms with Crippen LogP contribution in [0, 0.1) is 0 Å². The van der Waals surface area contributed by atoms with E-state index in [9.17, 15) is 0 Å². The van der Waals surface area contributed by atoms with E-state index in [0.29, 0.717) is 10.8 Å². The molecule has 4 nitrogen and oxygen atoms in total. The minimum atomic E-state index is 0.0751. The van der Waals surface area contributed by atoms with Crippen molar-refractivity contribution in [2.24, 2.45) is 0 Å². The molecular formula is C15H20ClN3OS. The second-order valence-electron chi connectivity index (χ2n) is 4.72. The Balaban J connectivity index is 2.40. The summed E-state index contributed by atoms with van der Waals surface area (Å²) in [6, 6.07) is 5.95. The fourth-order valence-electron chi connectivity index (χ4n) is 2.19. The van der Waals surface area contributed by atoms with Crippen molar-refractivity contribution >= 4 is 23.1 Å². The molecule has 1 heterocycles. The standard InChI is InChI=1S/C15H20ClN3OS/c1-4-8-17-14(15-12(5-2)18-19-21-15)10-6-7-11(16)13(9-10)20-3/h6-7,9,14,17H,4-5,8H2,1-3H3. The van der Waals surface area contributed by atoms with E-state index >= 15 is 0 Å². The smallest absolute Gasteiger partial charge is 0.137 e. The molecule has 0 aliphatic carbocycles. The predicted octanol–water partition coefficient (Wildman–Crippen LogP) is 3.85. The zero-order valence-corrected chi connectivity index (χ0v) is 14.1. The number of hydrogen-bond donors (Lipinski definition) is 1. The van der Waals surface area contributed by atoms with Gasteiger partial charge in [-0.1, -0.05) is 36.0 Å². The molecule has 0 spiro atoms. The highest BCUT2D eigenvalue weighted by Crippen LogP contribution is 2.32. The van der Waals surface area contributed by atoms with Gasteiger partial charge in [0.25, 0.3) is 0 Å². The molecule has 6 heteroatoms. The molecule has 0 saturated carbocycles.